The molecule has 1 radical (unpaired) electrons. The molecule has 3 heteroatoms. The van der Waals surface area contributed by atoms with E-state index in [-0.39, 0.29) is 38.5 Å². The van der Waals surface area contributed by atoms with Gasteiger partial charge in [-0.1, -0.05) is 0 Å². The van der Waals surface area contributed by atoms with Crippen molar-refractivity contribution in [2.75, 3.05) is 0 Å². The summed E-state index contributed by atoms with van der Waals surface area (Å²) in [6, 6.07) is 0. The van der Waals surface area contributed by atoms with Gasteiger partial charge in [0.2, 0.25) is 0 Å². The molecule has 0 spiro atoms. The SMILES string of the molecule is C[C-]=O.[CH2-]C(C)=O.[Y]. The first kappa shape index (κ1) is 15.7. The molecule has 0 saturated heterocycles. The Balaban J connectivity index is -0.0000000575. The van der Waals surface area contributed by atoms with Crippen molar-refractivity contribution in [1.82, 2.24) is 0 Å². The Hall–Kier alpha value is 0.314. The van der Waals surface area contributed by atoms with Crippen LogP contribution in [0.25, 0.3) is 0 Å². The van der Waals surface area contributed by atoms with Crippen LogP contribution in [0.4, 0.5) is 0 Å². The van der Waals surface area contributed by atoms with Crippen molar-refractivity contribution < 1.29 is 42.3 Å². The van der Waals surface area contributed by atoms with Gasteiger partial charge in [0.1, 0.15) is 0 Å². The Labute approximate surface area is 74.9 Å². The van der Waals surface area contributed by atoms with Crippen LogP contribution in [0.1, 0.15) is 13.8 Å². The summed E-state index contributed by atoms with van der Waals surface area (Å²) < 4.78 is 0. The van der Waals surface area contributed by atoms with E-state index in [1.165, 1.54) is 20.1 Å². The second kappa shape index (κ2) is 15.7. The molecule has 45 valence electrons. The van der Waals surface area contributed by atoms with E-state index >= 15 is 0 Å². The molecule has 2 nitrogen and oxygen atoms in total. The van der Waals surface area contributed by atoms with Crippen LogP contribution in [0.5, 0.6) is 0 Å². The van der Waals surface area contributed by atoms with Gasteiger partial charge < -0.3 is 16.5 Å². The second-order valence-electron chi connectivity index (χ2n) is 0.906. The molecular formula is C5H8O2Y-2. The van der Waals surface area contributed by atoms with Crippen molar-refractivity contribution in [2.45, 2.75) is 13.8 Å². The third-order valence-corrected chi connectivity index (χ3v) is 0. The molecule has 0 N–H and O–H groups in total. The number of carbonyl (C=O) groups is 1. The molecule has 0 bridgehead atoms. The topological polar surface area (TPSA) is 34.1 Å². The molecule has 0 amide bonds. The Morgan fingerprint density at radius 3 is 1.62 bits per heavy atom. The van der Waals surface area contributed by atoms with E-state index in [1.54, 1.807) is 0 Å². The molecule has 8 heavy (non-hydrogen) atoms. The summed E-state index contributed by atoms with van der Waals surface area (Å²) in [5.41, 5.74) is 0. The van der Waals surface area contributed by atoms with Crippen LogP contribution >= 0.6 is 0 Å². The zero-order valence-corrected chi connectivity index (χ0v) is 7.94. The van der Waals surface area contributed by atoms with Gasteiger partial charge in [0, 0.05) is 32.7 Å². The minimum absolute atomic E-state index is 0. The molecule has 0 heterocycles. The van der Waals surface area contributed by atoms with Crippen LogP contribution in [0.2, 0.25) is 0 Å². The minimum Gasteiger partial charge on any atom is -0.542 e. The minimum atomic E-state index is -0.0833. The largest absolute Gasteiger partial charge is 0.542 e. The number of rotatable bonds is 0. The molecule has 0 aliphatic carbocycles. The fourth-order valence-corrected chi connectivity index (χ4v) is 0. The summed E-state index contributed by atoms with van der Waals surface area (Å²) in [6.45, 7) is 5.74. The second-order valence-corrected chi connectivity index (χ2v) is 0.906. The van der Waals surface area contributed by atoms with Gasteiger partial charge in [-0.2, -0.15) is 6.92 Å². The number of Topliss-reactive ketones (excluding diaryl/α,β-unsaturated/α-hetero) is 1. The summed E-state index contributed by atoms with van der Waals surface area (Å²) in [4.78, 5) is 18.0. The van der Waals surface area contributed by atoms with E-state index in [0.717, 1.165) is 0 Å². The molecule has 0 aromatic rings. The number of hydrogen-bond donors (Lipinski definition) is 0. The fourth-order valence-electron chi connectivity index (χ4n) is 0. The van der Waals surface area contributed by atoms with Crippen molar-refractivity contribution in [2.24, 2.45) is 0 Å². The molecule has 0 aliphatic rings. The molecular weight excluding hydrogens is 181 g/mol. The molecule has 0 aliphatic heterocycles. The van der Waals surface area contributed by atoms with E-state index in [2.05, 4.69) is 6.92 Å². The number of carbonyl (C=O) groups excluding carboxylic acids is 2. The van der Waals surface area contributed by atoms with Gasteiger partial charge in [0.15, 0.2) is 0 Å². The van der Waals surface area contributed by atoms with E-state index in [4.69, 9.17) is 4.79 Å². The average Bonchev–Trinajstić information content (AvgIpc) is 1.33. The Morgan fingerprint density at radius 1 is 1.62 bits per heavy atom. The monoisotopic (exact) mass is 189 g/mol. The maximum Gasteiger partial charge on any atom is 0 e. The van der Waals surface area contributed by atoms with Crippen LogP contribution in [0.3, 0.4) is 0 Å². The summed E-state index contributed by atoms with van der Waals surface area (Å²) >= 11 is 0. The first-order valence-electron chi connectivity index (χ1n) is 1.76. The molecule has 0 rings (SSSR count). The van der Waals surface area contributed by atoms with E-state index < -0.39 is 0 Å². The summed E-state index contributed by atoms with van der Waals surface area (Å²) in [7, 11) is 0. The van der Waals surface area contributed by atoms with E-state index in [9.17, 15) is 4.79 Å². The van der Waals surface area contributed by atoms with Crippen molar-refractivity contribution >= 4 is 12.1 Å². The van der Waals surface area contributed by atoms with Gasteiger partial charge in [0.25, 0.3) is 0 Å². The summed E-state index contributed by atoms with van der Waals surface area (Å²) in [6.07, 6.45) is 1.50. The van der Waals surface area contributed by atoms with Gasteiger partial charge in [0.05, 0.1) is 0 Å². The normalized spacial score (nSPS) is 4.75. The van der Waals surface area contributed by atoms with Crippen molar-refractivity contribution in [1.29, 1.82) is 0 Å². The smallest absolute Gasteiger partial charge is 0 e. The maximum atomic E-state index is 9.33. The van der Waals surface area contributed by atoms with Crippen molar-refractivity contribution in [3.05, 3.63) is 6.92 Å². The third kappa shape index (κ3) is 1810. The van der Waals surface area contributed by atoms with Crippen molar-refractivity contribution in [3.63, 3.8) is 0 Å². The molecule has 0 aromatic carbocycles. The molecule has 0 saturated carbocycles. The number of ketones is 1. The zero-order chi connectivity index (χ0) is 6.28. The van der Waals surface area contributed by atoms with Crippen LogP contribution in [-0.2, 0) is 42.3 Å². The van der Waals surface area contributed by atoms with Crippen LogP contribution in [-0.4, -0.2) is 12.1 Å². The Morgan fingerprint density at radius 2 is 1.62 bits per heavy atom. The predicted molar refractivity (Wildman–Crippen MR) is 27.4 cm³/mol. The van der Waals surface area contributed by atoms with Crippen LogP contribution in [0.15, 0.2) is 0 Å². The predicted octanol–water partition coefficient (Wildman–Crippen LogP) is 0.523. The Kier molecular flexibility index (Phi) is 30.8. The summed E-state index contributed by atoms with van der Waals surface area (Å²) in [5, 5.41) is 0. The molecule has 0 atom stereocenters. The average molecular weight is 189 g/mol. The molecule has 0 fully saturated rings. The zero-order valence-electron chi connectivity index (χ0n) is 5.10. The van der Waals surface area contributed by atoms with Gasteiger partial charge in [-0.15, -0.1) is 0 Å². The van der Waals surface area contributed by atoms with Crippen LogP contribution in [0, 0.1) is 6.92 Å². The molecule has 0 aromatic heterocycles. The molecule has 0 unspecified atom stereocenters. The standard InChI is InChI=1S/C3H5O.C2H3O.Y/c1-3(2)4;1-2-3;/h1H2,2H3;1H3;/q2*-1;. The van der Waals surface area contributed by atoms with Crippen LogP contribution < -0.4 is 0 Å². The van der Waals surface area contributed by atoms with Gasteiger partial charge >= 0.3 is 0 Å². The van der Waals surface area contributed by atoms with Crippen molar-refractivity contribution in [3.8, 4) is 0 Å². The maximum absolute atomic E-state index is 9.33. The van der Waals surface area contributed by atoms with Gasteiger partial charge in [-0.05, 0) is 12.7 Å². The summed E-state index contributed by atoms with van der Waals surface area (Å²) in [5.74, 6) is -0.0833. The first-order valence-corrected chi connectivity index (χ1v) is 1.76. The van der Waals surface area contributed by atoms with Gasteiger partial charge in [-0.3, -0.25) is 6.29 Å². The first-order chi connectivity index (χ1) is 3.15. The quantitative estimate of drug-likeness (QED) is 0.520. The van der Waals surface area contributed by atoms with Gasteiger partial charge in [-0.25, -0.2) is 0 Å². The van der Waals surface area contributed by atoms with E-state index in [0.29, 0.717) is 0 Å². The third-order valence-electron chi connectivity index (χ3n) is 0. The Bertz CT molecular complexity index is 57.4. The van der Waals surface area contributed by atoms with E-state index in [1.807, 2.05) is 0 Å². The number of hydrogen-bond acceptors (Lipinski definition) is 2. The fraction of sp³-hybridized carbons (Fsp3) is 0.400.